The highest BCUT2D eigenvalue weighted by molar-refractivity contribution is 5.33. The van der Waals surface area contributed by atoms with Crippen molar-refractivity contribution >= 4 is 0 Å². The number of benzene rings is 1. The largest absolute Gasteiger partial charge is 0.377 e. The summed E-state index contributed by atoms with van der Waals surface area (Å²) in [5.74, 6) is 0. The molecule has 4 unspecified atom stereocenters. The van der Waals surface area contributed by atoms with Crippen molar-refractivity contribution in [1.29, 1.82) is 0 Å². The van der Waals surface area contributed by atoms with E-state index in [0.717, 1.165) is 25.9 Å². The van der Waals surface area contributed by atoms with E-state index in [-0.39, 0.29) is 18.2 Å². The van der Waals surface area contributed by atoms with E-state index in [2.05, 4.69) is 29.2 Å². The van der Waals surface area contributed by atoms with Crippen LogP contribution in [0.15, 0.2) is 24.3 Å². The van der Waals surface area contributed by atoms with Crippen molar-refractivity contribution in [3.8, 4) is 0 Å². The van der Waals surface area contributed by atoms with Gasteiger partial charge in [0.1, 0.15) is 0 Å². The Bertz CT molecular complexity index is 454. The van der Waals surface area contributed by atoms with Gasteiger partial charge >= 0.3 is 0 Å². The molecular weight excluding hydrogens is 252 g/mol. The second kappa shape index (κ2) is 5.82. The number of likely N-dealkylation sites (tertiary alicyclic amines) is 1. The lowest BCUT2D eigenvalue weighted by Gasteiger charge is -2.37. The first kappa shape index (κ1) is 14.0. The Kier molecular flexibility index (Phi) is 4.08. The maximum absolute atomic E-state index is 6.52. The molecule has 1 heterocycles. The number of nitrogens with zero attached hydrogens (tertiary/aromatic N) is 1. The van der Waals surface area contributed by atoms with Crippen LogP contribution in [0.25, 0.3) is 0 Å². The second-order valence-electron chi connectivity index (χ2n) is 5.83. The molecule has 4 nitrogen and oxygen atoms in total. The highest BCUT2D eigenvalue weighted by Gasteiger charge is 2.40. The summed E-state index contributed by atoms with van der Waals surface area (Å²) < 4.78 is 11.1. The molecule has 1 fully saturated rings. The van der Waals surface area contributed by atoms with Crippen LogP contribution in [-0.4, -0.2) is 50.5 Å². The Morgan fingerprint density at radius 2 is 1.75 bits per heavy atom. The summed E-state index contributed by atoms with van der Waals surface area (Å²) in [6, 6.07) is 9.04. The third kappa shape index (κ3) is 2.37. The maximum atomic E-state index is 6.52. The van der Waals surface area contributed by atoms with Crippen molar-refractivity contribution in [2.24, 2.45) is 5.73 Å². The fraction of sp³-hybridized carbons (Fsp3) is 0.625. The number of methoxy groups -OCH3 is 2. The van der Waals surface area contributed by atoms with Gasteiger partial charge in [0, 0.05) is 39.4 Å². The number of rotatable bonds is 3. The lowest BCUT2D eigenvalue weighted by atomic mass is 9.84. The molecule has 2 aliphatic rings. The number of nitrogens with two attached hydrogens (primary N) is 1. The first-order valence-electron chi connectivity index (χ1n) is 7.37. The van der Waals surface area contributed by atoms with Crippen molar-refractivity contribution < 1.29 is 9.47 Å². The van der Waals surface area contributed by atoms with E-state index in [1.165, 1.54) is 11.1 Å². The van der Waals surface area contributed by atoms with E-state index < -0.39 is 0 Å². The van der Waals surface area contributed by atoms with Gasteiger partial charge in [-0.25, -0.2) is 0 Å². The van der Waals surface area contributed by atoms with Crippen LogP contribution in [0.5, 0.6) is 0 Å². The standard InChI is InChI=1S/C16H24N2O2/c1-19-14-9-18(10-15(14)20-2)13-8-7-11-5-3-4-6-12(11)16(13)17/h3-6,13-16H,7-10,17H2,1-2H3. The topological polar surface area (TPSA) is 47.7 Å². The van der Waals surface area contributed by atoms with Gasteiger partial charge in [0.25, 0.3) is 0 Å². The Hall–Kier alpha value is -0.940. The van der Waals surface area contributed by atoms with Crippen molar-refractivity contribution in [3.05, 3.63) is 35.4 Å². The summed E-state index contributed by atoms with van der Waals surface area (Å²) in [6.07, 6.45) is 2.54. The quantitative estimate of drug-likeness (QED) is 0.905. The van der Waals surface area contributed by atoms with E-state index in [1.54, 1.807) is 14.2 Å². The predicted octanol–water partition coefficient (Wildman–Crippen LogP) is 1.35. The Morgan fingerprint density at radius 1 is 1.10 bits per heavy atom. The van der Waals surface area contributed by atoms with E-state index in [0.29, 0.717) is 6.04 Å². The zero-order chi connectivity index (χ0) is 14.1. The normalized spacial score (nSPS) is 34.1. The molecule has 0 amide bonds. The summed E-state index contributed by atoms with van der Waals surface area (Å²) >= 11 is 0. The summed E-state index contributed by atoms with van der Waals surface area (Å²) in [4.78, 5) is 2.45. The third-order valence-corrected chi connectivity index (χ3v) is 4.86. The van der Waals surface area contributed by atoms with Gasteiger partial charge in [0.15, 0.2) is 0 Å². The molecule has 0 spiro atoms. The lowest BCUT2D eigenvalue weighted by molar-refractivity contribution is -0.00461. The zero-order valence-corrected chi connectivity index (χ0v) is 12.3. The van der Waals surface area contributed by atoms with E-state index in [1.807, 2.05) is 0 Å². The van der Waals surface area contributed by atoms with Gasteiger partial charge in [-0.05, 0) is 24.0 Å². The van der Waals surface area contributed by atoms with Crippen molar-refractivity contribution in [3.63, 3.8) is 0 Å². The minimum absolute atomic E-state index is 0.0908. The summed E-state index contributed by atoms with van der Waals surface area (Å²) in [6.45, 7) is 1.82. The monoisotopic (exact) mass is 276 g/mol. The van der Waals surface area contributed by atoms with Gasteiger partial charge in [-0.3, -0.25) is 4.90 Å². The smallest absolute Gasteiger partial charge is 0.0971 e. The number of hydrogen-bond acceptors (Lipinski definition) is 4. The predicted molar refractivity (Wildman–Crippen MR) is 78.6 cm³/mol. The Labute approximate surface area is 120 Å². The molecule has 4 heteroatoms. The van der Waals surface area contributed by atoms with E-state index >= 15 is 0 Å². The van der Waals surface area contributed by atoms with E-state index in [9.17, 15) is 0 Å². The molecule has 1 aromatic rings. The first-order chi connectivity index (χ1) is 9.74. The summed E-state index contributed by atoms with van der Waals surface area (Å²) in [7, 11) is 3.52. The molecule has 0 radical (unpaired) electrons. The van der Waals surface area contributed by atoms with Gasteiger partial charge in [-0.1, -0.05) is 24.3 Å². The molecule has 20 heavy (non-hydrogen) atoms. The van der Waals surface area contributed by atoms with Crippen molar-refractivity contribution in [2.45, 2.75) is 37.1 Å². The molecule has 0 bridgehead atoms. The summed E-state index contributed by atoms with van der Waals surface area (Å²) in [5, 5.41) is 0. The Balaban J connectivity index is 1.76. The van der Waals surface area contributed by atoms with Crippen molar-refractivity contribution in [2.75, 3.05) is 27.3 Å². The van der Waals surface area contributed by atoms with Gasteiger partial charge in [-0.2, -0.15) is 0 Å². The van der Waals surface area contributed by atoms with Crippen LogP contribution < -0.4 is 5.73 Å². The average Bonchev–Trinajstić information content (AvgIpc) is 2.91. The van der Waals surface area contributed by atoms with Crippen LogP contribution in [0.2, 0.25) is 0 Å². The van der Waals surface area contributed by atoms with Gasteiger partial charge < -0.3 is 15.2 Å². The molecule has 4 atom stereocenters. The molecule has 1 saturated heterocycles. The average molecular weight is 276 g/mol. The SMILES string of the molecule is COC1CN(C2CCc3ccccc3C2N)CC1OC. The molecule has 1 aliphatic heterocycles. The van der Waals surface area contributed by atoms with Crippen molar-refractivity contribution in [1.82, 2.24) is 4.90 Å². The maximum Gasteiger partial charge on any atom is 0.0971 e. The fourth-order valence-corrected chi connectivity index (χ4v) is 3.68. The van der Waals surface area contributed by atoms with Crippen LogP contribution in [0.1, 0.15) is 23.6 Å². The second-order valence-corrected chi connectivity index (χ2v) is 5.83. The number of aryl methyl sites for hydroxylation is 1. The van der Waals surface area contributed by atoms with Crippen LogP contribution in [0.4, 0.5) is 0 Å². The third-order valence-electron chi connectivity index (χ3n) is 4.86. The van der Waals surface area contributed by atoms with Gasteiger partial charge in [-0.15, -0.1) is 0 Å². The van der Waals surface area contributed by atoms with Crippen LogP contribution in [0.3, 0.4) is 0 Å². The minimum Gasteiger partial charge on any atom is -0.377 e. The summed E-state index contributed by atoms with van der Waals surface area (Å²) in [5.41, 5.74) is 9.23. The highest BCUT2D eigenvalue weighted by Crippen LogP contribution is 2.33. The van der Waals surface area contributed by atoms with E-state index in [4.69, 9.17) is 15.2 Å². The first-order valence-corrected chi connectivity index (χ1v) is 7.37. The van der Waals surface area contributed by atoms with Gasteiger partial charge in [0.2, 0.25) is 0 Å². The zero-order valence-electron chi connectivity index (χ0n) is 12.3. The van der Waals surface area contributed by atoms with Crippen LogP contribution in [0, 0.1) is 0 Å². The number of hydrogen-bond donors (Lipinski definition) is 1. The number of fused-ring (bicyclic) bond motifs is 1. The molecule has 1 aromatic carbocycles. The molecule has 110 valence electrons. The van der Waals surface area contributed by atoms with Crippen LogP contribution in [-0.2, 0) is 15.9 Å². The lowest BCUT2D eigenvalue weighted by Crippen LogP contribution is -2.45. The molecule has 3 rings (SSSR count). The molecule has 0 aromatic heterocycles. The molecule has 2 N–H and O–H groups in total. The van der Waals surface area contributed by atoms with Crippen LogP contribution >= 0.6 is 0 Å². The molecule has 0 saturated carbocycles. The highest BCUT2D eigenvalue weighted by atomic mass is 16.5. The number of ether oxygens (including phenoxy) is 2. The molecular formula is C16H24N2O2. The fourth-order valence-electron chi connectivity index (χ4n) is 3.68. The molecule has 1 aliphatic carbocycles. The minimum atomic E-state index is 0.0908. The van der Waals surface area contributed by atoms with Gasteiger partial charge in [0.05, 0.1) is 12.2 Å². The Morgan fingerprint density at radius 3 is 2.40 bits per heavy atom.